The summed E-state index contributed by atoms with van der Waals surface area (Å²) < 4.78 is 11.3. The molecule has 5 rings (SSSR count). The lowest BCUT2D eigenvalue weighted by molar-refractivity contribution is -0.144. The third-order valence-corrected chi connectivity index (χ3v) is 11.9. The van der Waals surface area contributed by atoms with Crippen LogP contribution in [0.3, 0.4) is 0 Å². The second kappa shape index (κ2) is 10.5. The van der Waals surface area contributed by atoms with Crippen molar-refractivity contribution in [1.82, 2.24) is 4.90 Å². The number of carbonyl (C=O) groups is 2. The molecular weight excluding hydrogens is 518 g/mol. The Kier molecular flexibility index (Phi) is 7.67. The lowest BCUT2D eigenvalue weighted by atomic mass is 9.70. The van der Waals surface area contributed by atoms with Gasteiger partial charge in [0.15, 0.2) is 0 Å². The molecule has 216 valence electrons. The van der Waals surface area contributed by atoms with E-state index in [0.29, 0.717) is 19.1 Å². The van der Waals surface area contributed by atoms with Gasteiger partial charge in [-0.1, -0.05) is 102 Å². The van der Waals surface area contributed by atoms with E-state index in [0.717, 1.165) is 24.0 Å². The van der Waals surface area contributed by atoms with Crippen LogP contribution in [-0.2, 0) is 25.6 Å². The molecule has 1 saturated heterocycles. The van der Waals surface area contributed by atoms with Crippen molar-refractivity contribution in [2.75, 3.05) is 13.7 Å². The topological polar surface area (TPSA) is 55.8 Å². The predicted molar refractivity (Wildman–Crippen MR) is 161 cm³/mol. The standard InChI is InChI=1S/C34H45NO4S/c1-31(2,3)22-39-29-27(25-18-19-33(29,6)32(25,4)5)40-34(30(37)38-7)20-26(36)35(21-23-14-10-8-11-15-23)28(34)24-16-12-9-13-17-24/h8-17,25,27-29H,18-22H2,1-7H3/t25-,27-,28-,29-,33+,34-/m1/s1. The Balaban J connectivity index is 1.60. The molecule has 2 aromatic rings. The van der Waals surface area contributed by atoms with E-state index >= 15 is 0 Å². The van der Waals surface area contributed by atoms with Gasteiger partial charge in [0.05, 0.1) is 32.3 Å². The van der Waals surface area contributed by atoms with Gasteiger partial charge >= 0.3 is 5.97 Å². The molecule has 40 heavy (non-hydrogen) atoms. The number of nitrogens with zero attached hydrogens (tertiary/aromatic N) is 1. The van der Waals surface area contributed by atoms with Crippen LogP contribution in [0, 0.1) is 22.2 Å². The maximum Gasteiger partial charge on any atom is 0.324 e. The number of methoxy groups -OCH3 is 1. The van der Waals surface area contributed by atoms with Gasteiger partial charge in [0.25, 0.3) is 0 Å². The molecule has 2 aromatic carbocycles. The Morgan fingerprint density at radius 1 is 1.02 bits per heavy atom. The fraction of sp³-hybridized carbons (Fsp3) is 0.588. The third-order valence-electron chi connectivity index (χ3n) is 10.1. The Morgan fingerprint density at radius 3 is 2.25 bits per heavy atom. The highest BCUT2D eigenvalue weighted by Crippen LogP contribution is 2.71. The molecule has 1 amide bonds. The van der Waals surface area contributed by atoms with Crippen LogP contribution in [0.2, 0.25) is 0 Å². The second-order valence-corrected chi connectivity index (χ2v) is 15.5. The number of fused-ring (bicyclic) bond motifs is 2. The highest BCUT2D eigenvalue weighted by molar-refractivity contribution is 8.02. The zero-order valence-corrected chi connectivity index (χ0v) is 25.9. The minimum absolute atomic E-state index is 0.00747. The number of hydrogen-bond acceptors (Lipinski definition) is 5. The van der Waals surface area contributed by atoms with Crippen molar-refractivity contribution in [1.29, 1.82) is 0 Å². The fourth-order valence-electron chi connectivity index (χ4n) is 7.60. The van der Waals surface area contributed by atoms with E-state index in [2.05, 4.69) is 41.5 Å². The van der Waals surface area contributed by atoms with Gasteiger partial charge in [0, 0.05) is 17.2 Å². The van der Waals surface area contributed by atoms with E-state index in [4.69, 9.17) is 9.47 Å². The van der Waals surface area contributed by atoms with Gasteiger partial charge in [-0.25, -0.2) is 0 Å². The van der Waals surface area contributed by atoms with Crippen LogP contribution in [-0.4, -0.2) is 46.6 Å². The number of amides is 1. The number of hydrogen-bond donors (Lipinski definition) is 0. The minimum atomic E-state index is -1.08. The lowest BCUT2D eigenvalue weighted by Gasteiger charge is -2.43. The average Bonchev–Trinajstić information content (AvgIpc) is 3.38. The zero-order chi connectivity index (χ0) is 28.9. The van der Waals surface area contributed by atoms with Crippen LogP contribution >= 0.6 is 11.8 Å². The van der Waals surface area contributed by atoms with Crippen molar-refractivity contribution in [3.63, 3.8) is 0 Å². The molecule has 5 nitrogen and oxygen atoms in total. The Labute approximate surface area is 244 Å². The van der Waals surface area contributed by atoms with Crippen molar-refractivity contribution in [2.45, 2.75) is 89.5 Å². The quantitative estimate of drug-likeness (QED) is 0.322. The number of esters is 1. The van der Waals surface area contributed by atoms with Crippen molar-refractivity contribution >= 4 is 23.6 Å². The van der Waals surface area contributed by atoms with Gasteiger partial charge in [0.2, 0.25) is 5.91 Å². The van der Waals surface area contributed by atoms with Crippen LogP contribution in [0.15, 0.2) is 60.7 Å². The number of ether oxygens (including phenoxy) is 2. The minimum Gasteiger partial charge on any atom is -0.468 e. The smallest absolute Gasteiger partial charge is 0.324 e. The molecule has 6 atom stereocenters. The first-order chi connectivity index (χ1) is 18.8. The van der Waals surface area contributed by atoms with Gasteiger partial charge in [-0.3, -0.25) is 9.59 Å². The second-order valence-electron chi connectivity index (χ2n) is 14.0. The van der Waals surface area contributed by atoms with Crippen LogP contribution in [0.1, 0.15) is 78.0 Å². The maximum atomic E-state index is 14.1. The highest BCUT2D eigenvalue weighted by atomic mass is 32.2. The largest absolute Gasteiger partial charge is 0.468 e. The normalized spacial score (nSPS) is 33.0. The molecule has 2 bridgehead atoms. The summed E-state index contributed by atoms with van der Waals surface area (Å²) in [4.78, 5) is 29.9. The zero-order valence-electron chi connectivity index (χ0n) is 25.1. The lowest BCUT2D eigenvalue weighted by Crippen LogP contribution is -2.48. The molecular formula is C34H45NO4S. The predicted octanol–water partition coefficient (Wildman–Crippen LogP) is 7.06. The van der Waals surface area contributed by atoms with Crippen molar-refractivity contribution < 1.29 is 19.1 Å². The average molecular weight is 564 g/mol. The highest BCUT2D eigenvalue weighted by Gasteiger charge is 2.70. The summed E-state index contributed by atoms with van der Waals surface area (Å²) in [7, 11) is 1.46. The van der Waals surface area contributed by atoms with E-state index in [9.17, 15) is 9.59 Å². The van der Waals surface area contributed by atoms with E-state index in [1.165, 1.54) is 7.11 Å². The number of carbonyl (C=O) groups excluding carboxylic acids is 2. The van der Waals surface area contributed by atoms with E-state index < -0.39 is 10.8 Å². The first-order valence-corrected chi connectivity index (χ1v) is 15.5. The van der Waals surface area contributed by atoms with E-state index in [1.807, 2.05) is 65.6 Å². The molecule has 2 saturated carbocycles. The van der Waals surface area contributed by atoms with Gasteiger partial charge in [-0.2, -0.15) is 0 Å². The summed E-state index contributed by atoms with van der Waals surface area (Å²) in [6.45, 7) is 14.8. The van der Waals surface area contributed by atoms with Crippen LogP contribution in [0.25, 0.3) is 0 Å². The SMILES string of the molecule is COC(=O)[C@@]1(S[C@@H]2[C@H]3CC[C@@](C)([C@@H]2OCC(C)(C)C)C3(C)C)CC(=O)N(Cc2ccccc2)[C@@H]1c1ccccc1. The first-order valence-electron chi connectivity index (χ1n) is 14.6. The molecule has 3 fully saturated rings. The number of benzene rings is 2. The Morgan fingerprint density at radius 2 is 1.65 bits per heavy atom. The molecule has 3 aliphatic rings. The van der Waals surface area contributed by atoms with Gasteiger partial charge in [-0.15, -0.1) is 11.8 Å². The number of rotatable bonds is 8. The van der Waals surface area contributed by atoms with Crippen molar-refractivity contribution in [2.24, 2.45) is 22.2 Å². The molecule has 0 unspecified atom stereocenters. The summed E-state index contributed by atoms with van der Waals surface area (Å²) in [6, 6.07) is 19.6. The summed E-state index contributed by atoms with van der Waals surface area (Å²) in [5.41, 5.74) is 2.08. The molecule has 2 aliphatic carbocycles. The van der Waals surface area contributed by atoms with E-state index in [1.54, 1.807) is 11.8 Å². The van der Waals surface area contributed by atoms with E-state index in [-0.39, 0.29) is 45.9 Å². The number of thioether (sulfide) groups is 1. The summed E-state index contributed by atoms with van der Waals surface area (Å²) in [5, 5.41) is 0.0749. The molecule has 1 aliphatic heterocycles. The molecule has 0 aromatic heterocycles. The molecule has 6 heteroatoms. The maximum absolute atomic E-state index is 14.1. The molecule has 0 spiro atoms. The van der Waals surface area contributed by atoms with Gasteiger partial charge in [0.1, 0.15) is 4.75 Å². The van der Waals surface area contributed by atoms with Crippen molar-refractivity contribution in [3.05, 3.63) is 71.8 Å². The molecule has 0 N–H and O–H groups in total. The number of likely N-dealkylation sites (tertiary alicyclic amines) is 1. The van der Waals surface area contributed by atoms with Gasteiger partial charge < -0.3 is 14.4 Å². The molecule has 1 heterocycles. The Hall–Kier alpha value is -2.31. The van der Waals surface area contributed by atoms with Gasteiger partial charge in [-0.05, 0) is 40.7 Å². The van der Waals surface area contributed by atoms with Crippen molar-refractivity contribution in [3.8, 4) is 0 Å². The Bertz CT molecular complexity index is 1230. The van der Waals surface area contributed by atoms with Crippen LogP contribution in [0.4, 0.5) is 0 Å². The monoisotopic (exact) mass is 563 g/mol. The first kappa shape index (κ1) is 29.2. The third kappa shape index (κ3) is 4.79. The molecule has 0 radical (unpaired) electrons. The van der Waals surface area contributed by atoms with Crippen LogP contribution in [0.5, 0.6) is 0 Å². The summed E-state index contributed by atoms with van der Waals surface area (Å²) >= 11 is 1.68. The fourth-order valence-corrected chi connectivity index (χ4v) is 10.0. The summed E-state index contributed by atoms with van der Waals surface area (Å²) in [6.07, 6.45) is 2.32. The summed E-state index contributed by atoms with van der Waals surface area (Å²) in [5.74, 6) is 0.0376. The van der Waals surface area contributed by atoms with Crippen LogP contribution < -0.4 is 0 Å².